The second kappa shape index (κ2) is 7.60. The second-order valence-corrected chi connectivity index (χ2v) is 6.44. The van der Waals surface area contributed by atoms with E-state index in [9.17, 15) is 4.79 Å². The number of benzene rings is 2. The molecule has 1 saturated heterocycles. The summed E-state index contributed by atoms with van der Waals surface area (Å²) >= 11 is 0. The van der Waals surface area contributed by atoms with Crippen LogP contribution in [0, 0.1) is 0 Å². The van der Waals surface area contributed by atoms with Crippen LogP contribution in [0.15, 0.2) is 66.9 Å². The van der Waals surface area contributed by atoms with Crippen molar-refractivity contribution in [3.05, 3.63) is 78.0 Å². The number of pyridine rings is 1. The van der Waals surface area contributed by atoms with Gasteiger partial charge in [0.2, 0.25) is 5.88 Å². The highest BCUT2D eigenvalue weighted by molar-refractivity contribution is 5.72. The maximum Gasteiger partial charge on any atom is 0.408 e. The standard InChI is InChI=1S/C22H20N2O4/c1-26-18-8-4-7-16(12-18)21-20(24-22(25)28-21)15-6-3-5-14(11-15)17-9-10-19(27-2)23-13-17/h3-13,20-21H,1-2H3,(H,24,25)/t20-,21-/m1/s1. The van der Waals surface area contributed by atoms with E-state index in [0.29, 0.717) is 5.88 Å². The smallest absolute Gasteiger partial charge is 0.408 e. The van der Waals surface area contributed by atoms with E-state index in [0.717, 1.165) is 28.0 Å². The van der Waals surface area contributed by atoms with Crippen LogP contribution in [0.5, 0.6) is 11.6 Å². The fraction of sp³-hybridized carbons (Fsp3) is 0.182. The molecule has 28 heavy (non-hydrogen) atoms. The molecule has 1 fully saturated rings. The first-order valence-electron chi connectivity index (χ1n) is 8.89. The molecule has 1 aliphatic rings. The first-order valence-corrected chi connectivity index (χ1v) is 8.89. The largest absolute Gasteiger partial charge is 0.497 e. The molecule has 0 bridgehead atoms. The van der Waals surface area contributed by atoms with E-state index < -0.39 is 12.2 Å². The first-order chi connectivity index (χ1) is 13.7. The number of nitrogens with zero attached hydrogens (tertiary/aromatic N) is 1. The van der Waals surface area contributed by atoms with Gasteiger partial charge >= 0.3 is 6.09 Å². The van der Waals surface area contributed by atoms with Gasteiger partial charge in [-0.2, -0.15) is 0 Å². The third-order valence-corrected chi connectivity index (χ3v) is 4.76. The van der Waals surface area contributed by atoms with Crippen molar-refractivity contribution in [2.45, 2.75) is 12.1 Å². The average molecular weight is 376 g/mol. The SMILES string of the molecule is COc1cccc([C@H]2OC(=O)N[C@@H]2c2cccc(-c3ccc(OC)nc3)c2)c1. The molecule has 0 aliphatic carbocycles. The van der Waals surface area contributed by atoms with E-state index in [2.05, 4.69) is 10.3 Å². The lowest BCUT2D eigenvalue weighted by molar-refractivity contribution is 0.132. The van der Waals surface area contributed by atoms with Crippen molar-refractivity contribution in [2.24, 2.45) is 0 Å². The molecule has 1 aliphatic heterocycles. The van der Waals surface area contributed by atoms with Crippen molar-refractivity contribution in [3.8, 4) is 22.8 Å². The Morgan fingerprint density at radius 3 is 2.50 bits per heavy atom. The van der Waals surface area contributed by atoms with Crippen molar-refractivity contribution >= 4 is 6.09 Å². The van der Waals surface area contributed by atoms with E-state index in [1.165, 1.54) is 0 Å². The molecule has 6 nitrogen and oxygen atoms in total. The zero-order valence-electron chi connectivity index (χ0n) is 15.6. The van der Waals surface area contributed by atoms with Gasteiger partial charge in [0.05, 0.1) is 20.3 Å². The number of alkyl carbamates (subject to hydrolysis) is 1. The topological polar surface area (TPSA) is 69.7 Å². The number of cyclic esters (lactones) is 1. The van der Waals surface area contributed by atoms with Crippen LogP contribution in [-0.2, 0) is 4.74 Å². The van der Waals surface area contributed by atoms with Gasteiger partial charge in [-0.25, -0.2) is 9.78 Å². The molecule has 2 heterocycles. The molecule has 1 amide bonds. The molecule has 0 spiro atoms. The summed E-state index contributed by atoms with van der Waals surface area (Å²) in [5.74, 6) is 1.28. The number of carbonyl (C=O) groups excluding carboxylic acids is 1. The Balaban J connectivity index is 1.67. The van der Waals surface area contributed by atoms with Crippen molar-refractivity contribution in [2.75, 3.05) is 14.2 Å². The lowest BCUT2D eigenvalue weighted by atomic mass is 9.94. The molecule has 6 heteroatoms. The van der Waals surface area contributed by atoms with Gasteiger partial charge in [-0.3, -0.25) is 0 Å². The van der Waals surface area contributed by atoms with Crippen molar-refractivity contribution in [1.82, 2.24) is 10.3 Å². The lowest BCUT2D eigenvalue weighted by Crippen LogP contribution is -2.19. The quantitative estimate of drug-likeness (QED) is 0.719. The number of hydrogen-bond acceptors (Lipinski definition) is 5. The highest BCUT2D eigenvalue weighted by Gasteiger charge is 2.36. The van der Waals surface area contributed by atoms with Crippen LogP contribution in [0.4, 0.5) is 4.79 Å². The van der Waals surface area contributed by atoms with Crippen LogP contribution in [0.3, 0.4) is 0 Å². The van der Waals surface area contributed by atoms with Crippen LogP contribution in [-0.4, -0.2) is 25.3 Å². The summed E-state index contributed by atoms with van der Waals surface area (Å²) in [6.07, 6.45) is 0.891. The summed E-state index contributed by atoms with van der Waals surface area (Å²) < 4.78 is 16.0. The van der Waals surface area contributed by atoms with E-state index in [4.69, 9.17) is 14.2 Å². The van der Waals surface area contributed by atoms with Gasteiger partial charge in [0.1, 0.15) is 5.75 Å². The fourth-order valence-corrected chi connectivity index (χ4v) is 3.34. The molecule has 0 radical (unpaired) electrons. The monoisotopic (exact) mass is 376 g/mol. The Morgan fingerprint density at radius 1 is 0.929 bits per heavy atom. The maximum atomic E-state index is 12.0. The molecule has 0 unspecified atom stereocenters. The van der Waals surface area contributed by atoms with Gasteiger partial charge in [0.15, 0.2) is 6.10 Å². The fourth-order valence-electron chi connectivity index (χ4n) is 3.34. The Kier molecular flexibility index (Phi) is 4.85. The van der Waals surface area contributed by atoms with Gasteiger partial charge < -0.3 is 19.5 Å². The third-order valence-electron chi connectivity index (χ3n) is 4.76. The predicted octanol–water partition coefficient (Wildman–Crippen LogP) is 4.29. The molecule has 1 N–H and O–H groups in total. The lowest BCUT2D eigenvalue weighted by Gasteiger charge is -2.19. The summed E-state index contributed by atoms with van der Waals surface area (Å²) in [6, 6.07) is 19.0. The Labute approximate surface area is 163 Å². The summed E-state index contributed by atoms with van der Waals surface area (Å²) in [7, 11) is 3.20. The summed E-state index contributed by atoms with van der Waals surface area (Å²) in [5.41, 5.74) is 3.79. The number of ether oxygens (including phenoxy) is 3. The highest BCUT2D eigenvalue weighted by atomic mass is 16.6. The Bertz CT molecular complexity index is 988. The summed E-state index contributed by atoms with van der Waals surface area (Å²) in [6.45, 7) is 0. The van der Waals surface area contributed by atoms with Crippen molar-refractivity contribution in [3.63, 3.8) is 0 Å². The molecule has 3 aromatic rings. The van der Waals surface area contributed by atoms with Gasteiger partial charge in [0, 0.05) is 17.8 Å². The number of carbonyl (C=O) groups is 1. The zero-order valence-corrected chi connectivity index (χ0v) is 15.6. The van der Waals surface area contributed by atoms with Gasteiger partial charge in [0.25, 0.3) is 0 Å². The molecule has 4 rings (SSSR count). The Morgan fingerprint density at radius 2 is 1.75 bits per heavy atom. The van der Waals surface area contributed by atoms with E-state index >= 15 is 0 Å². The molecule has 2 aromatic carbocycles. The van der Waals surface area contributed by atoms with Crippen LogP contribution in [0.2, 0.25) is 0 Å². The van der Waals surface area contributed by atoms with Crippen molar-refractivity contribution < 1.29 is 19.0 Å². The number of amides is 1. The summed E-state index contributed by atoms with van der Waals surface area (Å²) in [4.78, 5) is 16.3. The molecular formula is C22H20N2O4. The number of aromatic nitrogens is 1. The predicted molar refractivity (Wildman–Crippen MR) is 104 cm³/mol. The number of methoxy groups -OCH3 is 2. The van der Waals surface area contributed by atoms with Crippen molar-refractivity contribution in [1.29, 1.82) is 0 Å². The van der Waals surface area contributed by atoms with Gasteiger partial charge in [-0.15, -0.1) is 0 Å². The minimum atomic E-state index is -0.438. The van der Waals surface area contributed by atoms with Crippen LogP contribution < -0.4 is 14.8 Å². The van der Waals surface area contributed by atoms with Crippen LogP contribution in [0.1, 0.15) is 23.3 Å². The average Bonchev–Trinajstić information content (AvgIpc) is 3.16. The highest BCUT2D eigenvalue weighted by Crippen LogP contribution is 2.38. The minimum Gasteiger partial charge on any atom is -0.497 e. The minimum absolute atomic E-state index is 0.300. The van der Waals surface area contributed by atoms with E-state index in [-0.39, 0.29) is 6.04 Å². The molecule has 142 valence electrons. The number of hydrogen-bond donors (Lipinski definition) is 1. The number of rotatable bonds is 5. The van der Waals surface area contributed by atoms with Crippen LogP contribution in [0.25, 0.3) is 11.1 Å². The van der Waals surface area contributed by atoms with E-state index in [1.807, 2.05) is 60.7 Å². The number of nitrogens with one attached hydrogen (secondary N) is 1. The first kappa shape index (κ1) is 17.9. The molecular weight excluding hydrogens is 356 g/mol. The summed E-state index contributed by atoms with van der Waals surface area (Å²) in [5, 5.41) is 2.92. The Hall–Kier alpha value is -3.54. The second-order valence-electron chi connectivity index (χ2n) is 6.44. The third kappa shape index (κ3) is 3.49. The maximum absolute atomic E-state index is 12.0. The molecule has 2 atom stereocenters. The van der Waals surface area contributed by atoms with Crippen LogP contribution >= 0.6 is 0 Å². The zero-order chi connectivity index (χ0) is 19.5. The normalized spacial score (nSPS) is 18.3. The van der Waals surface area contributed by atoms with E-state index in [1.54, 1.807) is 20.4 Å². The van der Waals surface area contributed by atoms with Gasteiger partial charge in [-0.05, 0) is 41.0 Å². The van der Waals surface area contributed by atoms with Gasteiger partial charge in [-0.1, -0.05) is 30.3 Å². The molecule has 1 aromatic heterocycles. The molecule has 0 saturated carbocycles.